The molecule has 65 heavy (non-hydrogen) atoms. The molecule has 0 saturated heterocycles. The van der Waals surface area contributed by atoms with Gasteiger partial charge in [0.25, 0.3) is 11.8 Å². The van der Waals surface area contributed by atoms with E-state index >= 15 is 0 Å². The molecule has 336 valence electrons. The van der Waals surface area contributed by atoms with Gasteiger partial charge in [0.15, 0.2) is 0 Å². The number of rotatable bonds is 23. The fraction of sp³-hybridized carbons (Fsp3) is 0.286. The Morgan fingerprint density at radius 2 is 0.662 bits per heavy atom. The fourth-order valence-corrected chi connectivity index (χ4v) is 6.95. The predicted molar refractivity (Wildman–Crippen MR) is 254 cm³/mol. The molecule has 9 nitrogen and oxygen atoms in total. The van der Waals surface area contributed by atoms with Gasteiger partial charge in [0.1, 0.15) is 23.0 Å². The lowest BCUT2D eigenvalue weighted by molar-refractivity contribution is 0.0612. The van der Waals surface area contributed by atoms with Crippen molar-refractivity contribution in [1.82, 2.24) is 4.90 Å². The highest BCUT2D eigenvalue weighted by Crippen LogP contribution is 2.21. The minimum atomic E-state index is -0.429. The lowest BCUT2D eigenvalue weighted by Gasteiger charge is -2.21. The molecule has 0 heterocycles. The quantitative estimate of drug-likeness (QED) is 0.0271. The summed E-state index contributed by atoms with van der Waals surface area (Å²) in [7, 11) is 0. The summed E-state index contributed by atoms with van der Waals surface area (Å²) >= 11 is 0. The molecule has 0 aliphatic carbocycles. The smallest absolute Gasteiger partial charge is 0.343 e. The summed E-state index contributed by atoms with van der Waals surface area (Å²) in [6, 6.07) is 43.8. The first-order valence-corrected chi connectivity index (χ1v) is 22.8. The third kappa shape index (κ3) is 14.5. The van der Waals surface area contributed by atoms with E-state index in [2.05, 4.69) is 13.8 Å². The van der Waals surface area contributed by atoms with Crippen molar-refractivity contribution in [2.75, 3.05) is 19.8 Å². The van der Waals surface area contributed by atoms with Gasteiger partial charge in [0.2, 0.25) is 0 Å². The van der Waals surface area contributed by atoms with Gasteiger partial charge >= 0.3 is 11.9 Å². The molecular formula is C56H59NO8. The van der Waals surface area contributed by atoms with Crippen LogP contribution in [0.15, 0.2) is 146 Å². The fourth-order valence-electron chi connectivity index (χ4n) is 6.95. The molecule has 0 aliphatic heterocycles. The summed E-state index contributed by atoms with van der Waals surface area (Å²) in [4.78, 5) is 54.3. The van der Waals surface area contributed by atoms with E-state index in [9.17, 15) is 19.2 Å². The van der Waals surface area contributed by atoms with Crippen molar-refractivity contribution in [3.63, 3.8) is 0 Å². The van der Waals surface area contributed by atoms with E-state index in [1.807, 2.05) is 55.5 Å². The first kappa shape index (κ1) is 47.5. The highest BCUT2D eigenvalue weighted by Gasteiger charge is 2.24. The van der Waals surface area contributed by atoms with E-state index in [-0.39, 0.29) is 11.8 Å². The number of imide groups is 1. The van der Waals surface area contributed by atoms with Crippen LogP contribution in [0.3, 0.4) is 0 Å². The molecule has 0 atom stereocenters. The molecule has 9 heteroatoms. The molecule has 0 saturated carbocycles. The molecule has 0 radical (unpaired) electrons. The Hall–Kier alpha value is -7.00. The largest absolute Gasteiger partial charge is 0.494 e. The van der Waals surface area contributed by atoms with Gasteiger partial charge in [0.05, 0.1) is 24.3 Å². The Morgan fingerprint density at radius 3 is 0.985 bits per heavy atom. The van der Waals surface area contributed by atoms with Crippen molar-refractivity contribution in [3.8, 4) is 23.0 Å². The molecule has 0 N–H and O–H groups in total. The van der Waals surface area contributed by atoms with E-state index in [0.717, 1.165) is 91.5 Å². The second-order valence-corrected chi connectivity index (χ2v) is 16.0. The summed E-state index contributed by atoms with van der Waals surface area (Å²) in [5, 5.41) is 0. The average Bonchev–Trinajstić information content (AvgIpc) is 3.34. The number of hydrogen-bond donors (Lipinski definition) is 0. The zero-order valence-electron chi connectivity index (χ0n) is 37.8. The summed E-state index contributed by atoms with van der Waals surface area (Å²) in [5.41, 5.74) is 6.12. The maximum Gasteiger partial charge on any atom is 0.343 e. The highest BCUT2D eigenvalue weighted by molar-refractivity contribution is 6.10. The van der Waals surface area contributed by atoms with Crippen molar-refractivity contribution in [1.29, 1.82) is 0 Å². The minimum absolute atomic E-state index is 0.320. The minimum Gasteiger partial charge on any atom is -0.494 e. The van der Waals surface area contributed by atoms with Crippen LogP contribution < -0.4 is 18.9 Å². The average molecular weight is 874 g/mol. The van der Waals surface area contributed by atoms with Crippen LogP contribution in [0.1, 0.15) is 123 Å². The topological polar surface area (TPSA) is 108 Å². The molecule has 6 aromatic rings. The Balaban J connectivity index is 0.958. The molecule has 0 spiro atoms. The number of esters is 2. The van der Waals surface area contributed by atoms with Crippen LogP contribution in [0.5, 0.6) is 23.0 Å². The molecule has 0 fully saturated rings. The lowest BCUT2D eigenvalue weighted by atomic mass is 10.0. The van der Waals surface area contributed by atoms with E-state index in [1.165, 1.54) is 4.90 Å². The maximum atomic E-state index is 13.8. The number of unbranched alkanes of at least 4 members (excludes halogenated alkanes) is 3. The van der Waals surface area contributed by atoms with Gasteiger partial charge in [-0.15, -0.1) is 0 Å². The number of carbonyl (C=O) groups excluding carboxylic acids is 4. The molecule has 0 bridgehead atoms. The predicted octanol–water partition coefficient (Wildman–Crippen LogP) is 12.1. The van der Waals surface area contributed by atoms with Gasteiger partial charge in [-0.2, -0.15) is 0 Å². The zero-order chi connectivity index (χ0) is 45.8. The van der Waals surface area contributed by atoms with Gasteiger partial charge in [-0.3, -0.25) is 14.5 Å². The Kier molecular flexibility index (Phi) is 18.1. The van der Waals surface area contributed by atoms with E-state index < -0.39 is 11.9 Å². The number of carbonyl (C=O) groups is 4. The van der Waals surface area contributed by atoms with Crippen LogP contribution in [-0.4, -0.2) is 48.4 Å². The van der Waals surface area contributed by atoms with E-state index in [0.29, 0.717) is 59.9 Å². The molecule has 2 amide bonds. The highest BCUT2D eigenvalue weighted by atomic mass is 16.5. The van der Waals surface area contributed by atoms with Crippen molar-refractivity contribution in [3.05, 3.63) is 190 Å². The number of benzene rings is 6. The van der Waals surface area contributed by atoms with Crippen LogP contribution in [-0.2, 0) is 25.7 Å². The van der Waals surface area contributed by atoms with E-state index in [4.69, 9.17) is 18.9 Å². The van der Waals surface area contributed by atoms with Gasteiger partial charge in [-0.1, -0.05) is 88.6 Å². The molecular weight excluding hydrogens is 815 g/mol. The summed E-state index contributed by atoms with van der Waals surface area (Å²) < 4.78 is 22.5. The summed E-state index contributed by atoms with van der Waals surface area (Å²) in [6.45, 7) is 7.87. The van der Waals surface area contributed by atoms with Crippen LogP contribution in [0.25, 0.3) is 0 Å². The van der Waals surface area contributed by atoms with Gasteiger partial charge in [-0.25, -0.2) is 9.59 Å². The molecule has 6 aromatic carbocycles. The zero-order valence-corrected chi connectivity index (χ0v) is 37.8. The molecule has 0 aromatic heterocycles. The normalized spacial score (nSPS) is 10.8. The Bertz CT molecular complexity index is 2250. The molecule has 0 aliphatic rings. The third-order valence-electron chi connectivity index (χ3n) is 11.0. The molecule has 6 rings (SSSR count). The van der Waals surface area contributed by atoms with Crippen LogP contribution >= 0.6 is 0 Å². The number of nitrogens with zero attached hydrogens (tertiary/aromatic N) is 1. The Morgan fingerprint density at radius 1 is 0.369 bits per heavy atom. The summed E-state index contributed by atoms with van der Waals surface area (Å²) in [6.07, 6.45) is 8.62. The monoisotopic (exact) mass is 873 g/mol. The van der Waals surface area contributed by atoms with Gasteiger partial charge in [-0.05, 0) is 164 Å². The first-order valence-electron chi connectivity index (χ1n) is 22.8. The van der Waals surface area contributed by atoms with Crippen LogP contribution in [0, 0.1) is 0 Å². The second-order valence-electron chi connectivity index (χ2n) is 16.0. The van der Waals surface area contributed by atoms with E-state index in [1.54, 1.807) is 97.1 Å². The number of ether oxygens (including phenoxy) is 4. The maximum absolute atomic E-state index is 13.8. The first-order chi connectivity index (χ1) is 31.7. The van der Waals surface area contributed by atoms with Crippen molar-refractivity contribution in [2.45, 2.75) is 85.0 Å². The SMILES string of the molecule is CCCCOc1ccc(C(=O)Oc2ccc(CCc3ccc(C(=O)N(CCCC)C(=O)c4ccc(CCc5ccc(OC(=O)c6ccc(OCCCC)cc6)cc5)cc4)cc3)cc2)cc1. The number of amides is 2. The van der Waals surface area contributed by atoms with Gasteiger partial charge in [0, 0.05) is 17.7 Å². The van der Waals surface area contributed by atoms with Crippen LogP contribution in [0.2, 0.25) is 0 Å². The Labute approximate surface area is 383 Å². The standard InChI is InChI=1S/C56H59NO8/c1-4-7-38-57(53(58)45-22-14-41(15-23-45)10-12-43-18-30-51(31-19-43)64-55(60)47-26-34-49(35-27-47)62-39-8-5-2)54(59)46-24-16-42(17-25-46)11-13-44-20-32-52(33-21-44)65-56(61)48-28-36-50(37-29-48)63-40-9-6-3/h14-37H,4-13,38-40H2,1-3H3. The number of aryl methyl sites for hydroxylation is 4. The second kappa shape index (κ2) is 24.7. The lowest BCUT2D eigenvalue weighted by Crippen LogP contribution is -2.37. The van der Waals surface area contributed by atoms with Crippen molar-refractivity contribution in [2.24, 2.45) is 0 Å². The van der Waals surface area contributed by atoms with Gasteiger partial charge < -0.3 is 18.9 Å². The van der Waals surface area contributed by atoms with Crippen LogP contribution in [0.4, 0.5) is 0 Å². The summed E-state index contributed by atoms with van der Waals surface area (Å²) in [5.74, 6) is 0.897. The number of hydrogen-bond acceptors (Lipinski definition) is 8. The molecule has 0 unspecified atom stereocenters. The third-order valence-corrected chi connectivity index (χ3v) is 11.0. The van der Waals surface area contributed by atoms with Crippen molar-refractivity contribution >= 4 is 23.8 Å². The van der Waals surface area contributed by atoms with Crippen molar-refractivity contribution < 1.29 is 38.1 Å².